The van der Waals surface area contributed by atoms with Gasteiger partial charge >= 0.3 is 5.69 Å². The van der Waals surface area contributed by atoms with Gasteiger partial charge in [-0.15, -0.1) is 0 Å². The normalized spacial score (nSPS) is 10.1. The SMILES string of the molecule is Cc1nn(C)c(N(C)c2ccc(C#N)cc2)c1[N+](=O)[O-]. The van der Waals surface area contributed by atoms with Gasteiger partial charge in [0.2, 0.25) is 5.82 Å². The fourth-order valence-electron chi connectivity index (χ4n) is 2.11. The molecule has 1 aromatic carbocycles. The van der Waals surface area contributed by atoms with Gasteiger partial charge in [-0.1, -0.05) is 0 Å². The Morgan fingerprint density at radius 1 is 1.40 bits per heavy atom. The average molecular weight is 271 g/mol. The van der Waals surface area contributed by atoms with Crippen LogP contribution in [0.3, 0.4) is 0 Å². The molecule has 0 saturated heterocycles. The molecule has 1 aromatic heterocycles. The lowest BCUT2D eigenvalue weighted by Gasteiger charge is -2.18. The topological polar surface area (TPSA) is 88.0 Å². The molecule has 1 heterocycles. The second kappa shape index (κ2) is 5.01. The van der Waals surface area contributed by atoms with E-state index in [9.17, 15) is 10.1 Å². The van der Waals surface area contributed by atoms with Crippen LogP contribution >= 0.6 is 0 Å². The Morgan fingerprint density at radius 3 is 2.50 bits per heavy atom. The van der Waals surface area contributed by atoms with Crippen LogP contribution in [0.15, 0.2) is 24.3 Å². The van der Waals surface area contributed by atoms with Crippen molar-refractivity contribution in [3.63, 3.8) is 0 Å². The molecule has 2 aromatic rings. The molecule has 0 bridgehead atoms. The molecule has 0 N–H and O–H groups in total. The molecule has 7 nitrogen and oxygen atoms in total. The van der Waals surface area contributed by atoms with Crippen LogP contribution in [-0.2, 0) is 7.05 Å². The zero-order valence-corrected chi connectivity index (χ0v) is 11.4. The minimum Gasteiger partial charge on any atom is -0.324 e. The van der Waals surface area contributed by atoms with E-state index in [0.29, 0.717) is 17.1 Å². The van der Waals surface area contributed by atoms with Crippen molar-refractivity contribution in [3.8, 4) is 6.07 Å². The van der Waals surface area contributed by atoms with Crippen LogP contribution in [-0.4, -0.2) is 21.8 Å². The van der Waals surface area contributed by atoms with E-state index in [4.69, 9.17) is 5.26 Å². The van der Waals surface area contributed by atoms with E-state index in [0.717, 1.165) is 5.69 Å². The Morgan fingerprint density at radius 2 is 2.00 bits per heavy atom. The Bertz CT molecular complexity index is 697. The zero-order valence-electron chi connectivity index (χ0n) is 11.4. The number of benzene rings is 1. The quantitative estimate of drug-likeness (QED) is 0.631. The fourth-order valence-corrected chi connectivity index (χ4v) is 2.11. The number of hydrogen-bond donors (Lipinski definition) is 0. The van der Waals surface area contributed by atoms with Gasteiger partial charge in [-0.25, -0.2) is 4.68 Å². The van der Waals surface area contributed by atoms with Gasteiger partial charge in [-0.3, -0.25) is 10.1 Å². The number of anilines is 2. The first kappa shape index (κ1) is 13.5. The van der Waals surface area contributed by atoms with Crippen LogP contribution in [0.4, 0.5) is 17.2 Å². The molecular formula is C13H13N5O2. The van der Waals surface area contributed by atoms with Gasteiger partial charge in [0.1, 0.15) is 5.69 Å². The highest BCUT2D eigenvalue weighted by molar-refractivity contribution is 5.70. The number of hydrogen-bond acceptors (Lipinski definition) is 5. The summed E-state index contributed by atoms with van der Waals surface area (Å²) < 4.78 is 1.48. The molecule has 0 amide bonds. The molecule has 20 heavy (non-hydrogen) atoms. The summed E-state index contributed by atoms with van der Waals surface area (Å²) >= 11 is 0. The first-order valence-electron chi connectivity index (χ1n) is 5.87. The Hall–Kier alpha value is -2.88. The van der Waals surface area contributed by atoms with Crippen LogP contribution in [0.1, 0.15) is 11.3 Å². The Balaban J connectivity index is 2.50. The van der Waals surface area contributed by atoms with Crippen molar-refractivity contribution in [2.45, 2.75) is 6.92 Å². The highest BCUT2D eigenvalue weighted by atomic mass is 16.6. The van der Waals surface area contributed by atoms with Crippen molar-refractivity contribution >= 4 is 17.2 Å². The number of rotatable bonds is 3. The van der Waals surface area contributed by atoms with Gasteiger partial charge in [0.25, 0.3) is 0 Å². The van der Waals surface area contributed by atoms with Crippen LogP contribution < -0.4 is 4.90 Å². The summed E-state index contributed by atoms with van der Waals surface area (Å²) in [7, 11) is 3.39. The van der Waals surface area contributed by atoms with Gasteiger partial charge < -0.3 is 4.90 Å². The maximum absolute atomic E-state index is 11.2. The molecule has 0 aliphatic rings. The van der Waals surface area contributed by atoms with Crippen LogP contribution in [0, 0.1) is 28.4 Å². The van der Waals surface area contributed by atoms with Crippen molar-refractivity contribution in [2.24, 2.45) is 7.05 Å². The summed E-state index contributed by atoms with van der Waals surface area (Å²) in [5, 5.41) is 24.0. The second-order valence-corrected chi connectivity index (χ2v) is 4.36. The van der Waals surface area contributed by atoms with E-state index in [1.807, 2.05) is 6.07 Å². The number of nitrogens with zero attached hydrogens (tertiary/aromatic N) is 5. The number of aryl methyl sites for hydroxylation is 2. The predicted octanol–water partition coefficient (Wildman–Crippen LogP) is 2.28. The monoisotopic (exact) mass is 271 g/mol. The van der Waals surface area contributed by atoms with Gasteiger partial charge in [0.05, 0.1) is 16.6 Å². The van der Waals surface area contributed by atoms with Gasteiger partial charge in [-0.05, 0) is 31.2 Å². The molecule has 0 unspecified atom stereocenters. The Labute approximate surface area is 115 Å². The number of aromatic nitrogens is 2. The van der Waals surface area contributed by atoms with Gasteiger partial charge in [-0.2, -0.15) is 10.4 Å². The maximum Gasteiger partial charge on any atom is 0.334 e. The maximum atomic E-state index is 11.2. The summed E-state index contributed by atoms with van der Waals surface area (Å²) in [6.07, 6.45) is 0. The fraction of sp³-hybridized carbons (Fsp3) is 0.231. The first-order valence-corrected chi connectivity index (χ1v) is 5.87. The highest BCUT2D eigenvalue weighted by Crippen LogP contribution is 2.34. The lowest BCUT2D eigenvalue weighted by molar-refractivity contribution is -0.384. The third-order valence-electron chi connectivity index (χ3n) is 3.05. The third-order valence-corrected chi connectivity index (χ3v) is 3.05. The molecular weight excluding hydrogens is 258 g/mol. The lowest BCUT2D eigenvalue weighted by Crippen LogP contribution is -2.15. The van der Waals surface area contributed by atoms with E-state index in [2.05, 4.69) is 5.10 Å². The largest absolute Gasteiger partial charge is 0.334 e. The molecule has 0 atom stereocenters. The van der Waals surface area contributed by atoms with Crippen molar-refractivity contribution in [3.05, 3.63) is 45.6 Å². The van der Waals surface area contributed by atoms with Gasteiger partial charge in [0.15, 0.2) is 0 Å². The van der Waals surface area contributed by atoms with Gasteiger partial charge in [0, 0.05) is 19.8 Å². The molecule has 0 aliphatic heterocycles. The van der Waals surface area contributed by atoms with Crippen molar-refractivity contribution in [1.29, 1.82) is 5.26 Å². The van der Waals surface area contributed by atoms with E-state index in [-0.39, 0.29) is 5.69 Å². The first-order chi connectivity index (χ1) is 9.45. The number of nitro groups is 1. The molecule has 0 spiro atoms. The second-order valence-electron chi connectivity index (χ2n) is 4.36. The molecule has 0 aliphatic carbocycles. The molecule has 0 saturated carbocycles. The van der Waals surface area contributed by atoms with E-state index in [1.54, 1.807) is 50.2 Å². The molecule has 0 fully saturated rings. The minimum atomic E-state index is -0.433. The van der Waals surface area contributed by atoms with Crippen molar-refractivity contribution in [2.75, 3.05) is 11.9 Å². The van der Waals surface area contributed by atoms with Crippen LogP contribution in [0.5, 0.6) is 0 Å². The van der Waals surface area contributed by atoms with Crippen LogP contribution in [0.2, 0.25) is 0 Å². The zero-order chi connectivity index (χ0) is 14.9. The molecule has 0 radical (unpaired) electrons. The minimum absolute atomic E-state index is 0.0145. The Kier molecular flexibility index (Phi) is 3.39. The lowest BCUT2D eigenvalue weighted by atomic mass is 10.2. The van der Waals surface area contributed by atoms with Crippen molar-refractivity contribution < 1.29 is 4.92 Å². The predicted molar refractivity (Wildman–Crippen MR) is 73.8 cm³/mol. The molecule has 7 heteroatoms. The summed E-state index contributed by atoms with van der Waals surface area (Å²) in [5.41, 5.74) is 1.64. The summed E-state index contributed by atoms with van der Waals surface area (Å²) in [6, 6.07) is 8.85. The smallest absolute Gasteiger partial charge is 0.324 e. The van der Waals surface area contributed by atoms with Crippen molar-refractivity contribution in [1.82, 2.24) is 9.78 Å². The van der Waals surface area contributed by atoms with E-state index < -0.39 is 4.92 Å². The third kappa shape index (κ3) is 2.19. The summed E-state index contributed by atoms with van der Waals surface area (Å²) in [5.74, 6) is 0.400. The highest BCUT2D eigenvalue weighted by Gasteiger charge is 2.27. The number of nitriles is 1. The average Bonchev–Trinajstić information content (AvgIpc) is 2.72. The van der Waals surface area contributed by atoms with E-state index >= 15 is 0 Å². The molecule has 2 rings (SSSR count). The van der Waals surface area contributed by atoms with E-state index in [1.165, 1.54) is 4.68 Å². The summed E-state index contributed by atoms with van der Waals surface area (Å²) in [6.45, 7) is 1.61. The standard InChI is InChI=1S/C13H13N5O2/c1-9-12(18(19)20)13(17(3)15-9)16(2)11-6-4-10(8-14)5-7-11/h4-7H,1-3H3. The molecule has 102 valence electrons. The summed E-state index contributed by atoms with van der Waals surface area (Å²) in [4.78, 5) is 12.4. The van der Waals surface area contributed by atoms with Crippen LogP contribution in [0.25, 0.3) is 0 Å².